The highest BCUT2D eigenvalue weighted by Crippen LogP contribution is 2.42. The van der Waals surface area contributed by atoms with E-state index in [1.807, 2.05) is 105 Å². The van der Waals surface area contributed by atoms with Crippen LogP contribution in [0.25, 0.3) is 0 Å². The van der Waals surface area contributed by atoms with Crippen molar-refractivity contribution in [3.05, 3.63) is 136 Å². The number of hydrogen-bond acceptors (Lipinski definition) is 8. The molecule has 2 atom stereocenters. The Hall–Kier alpha value is -6.07. The molecule has 3 amide bonds. The van der Waals surface area contributed by atoms with Crippen LogP contribution in [0.2, 0.25) is 0 Å². The molecule has 0 bridgehead atoms. The van der Waals surface area contributed by atoms with Crippen LogP contribution in [0.4, 0.5) is 22.7 Å². The van der Waals surface area contributed by atoms with Crippen molar-refractivity contribution in [1.82, 2.24) is 0 Å². The van der Waals surface area contributed by atoms with E-state index in [1.54, 1.807) is 24.1 Å². The fourth-order valence-corrected chi connectivity index (χ4v) is 8.98. The van der Waals surface area contributed by atoms with Crippen molar-refractivity contribution in [2.24, 2.45) is 4.99 Å². The summed E-state index contributed by atoms with van der Waals surface area (Å²) in [5, 5.41) is 3.07. The average molecular weight is 821 g/mol. The molecule has 4 heterocycles. The molecule has 5 aromatic carbocycles. The fourth-order valence-electron chi connectivity index (χ4n) is 8.87. The van der Waals surface area contributed by atoms with Crippen LogP contribution in [0, 0.1) is 6.92 Å². The van der Waals surface area contributed by atoms with E-state index in [9.17, 15) is 14.4 Å². The van der Waals surface area contributed by atoms with Gasteiger partial charge in [-0.15, -0.1) is 0 Å². The standard InChI is InChI=1S/C49H48N4O6S/c1-29-17-38-32(13-14-36-21-33-9-5-7-11-41(33)52(36)47(38)55)23-43(29)58-27-30-18-31(20-35(19-30)51-46(54)15-16-49(2,3)60)28-59-45-25-40-39(24-44(45)57-4)48(56)53-37(26-50-40)22-34-10-6-8-12-42(34)53/h5-12,17-20,23-26,36-37,60H,13-16,21-22,27-28H2,1-4H3,(H,51,54)/t36-,37+/m1/s1. The first kappa shape index (κ1) is 39.4. The monoisotopic (exact) mass is 820 g/mol. The predicted octanol–water partition coefficient (Wildman–Crippen LogP) is 9.39. The van der Waals surface area contributed by atoms with Crippen molar-refractivity contribution in [2.45, 2.75) is 89.3 Å². The van der Waals surface area contributed by atoms with E-state index in [4.69, 9.17) is 19.2 Å². The molecular weight excluding hydrogens is 773 g/mol. The predicted molar refractivity (Wildman–Crippen MR) is 238 cm³/mol. The Morgan fingerprint density at radius 3 is 2.18 bits per heavy atom. The maximum absolute atomic E-state index is 14.0. The highest BCUT2D eigenvalue weighted by molar-refractivity contribution is 7.81. The van der Waals surface area contributed by atoms with E-state index in [0.717, 1.165) is 64.0 Å². The van der Waals surface area contributed by atoms with Gasteiger partial charge in [0.1, 0.15) is 19.0 Å². The van der Waals surface area contributed by atoms with Gasteiger partial charge in [-0.3, -0.25) is 24.3 Å². The third-order valence-electron chi connectivity index (χ3n) is 11.9. The highest BCUT2D eigenvalue weighted by atomic mass is 32.1. The second-order valence-electron chi connectivity index (χ2n) is 16.8. The average Bonchev–Trinajstić information content (AvgIpc) is 3.72. The van der Waals surface area contributed by atoms with E-state index in [-0.39, 0.29) is 47.8 Å². The van der Waals surface area contributed by atoms with E-state index in [2.05, 4.69) is 24.0 Å². The number of hydrogen-bond donors (Lipinski definition) is 2. The Labute approximate surface area is 356 Å². The topological polar surface area (TPSA) is 110 Å². The number of thiol groups is 1. The largest absolute Gasteiger partial charge is 0.493 e. The zero-order chi connectivity index (χ0) is 41.7. The molecule has 0 saturated carbocycles. The number of rotatable bonds is 11. The third kappa shape index (κ3) is 7.74. The molecule has 0 fully saturated rings. The first-order valence-corrected chi connectivity index (χ1v) is 21.0. The van der Waals surface area contributed by atoms with Gasteiger partial charge in [0, 0.05) is 58.5 Å². The minimum absolute atomic E-state index is 0.0390. The molecule has 1 N–H and O–H groups in total. The van der Waals surface area contributed by atoms with Gasteiger partial charge in [-0.05, 0) is 115 Å². The minimum atomic E-state index is -0.286. The van der Waals surface area contributed by atoms with Crippen molar-refractivity contribution in [3.8, 4) is 17.2 Å². The van der Waals surface area contributed by atoms with Crippen LogP contribution < -0.4 is 29.3 Å². The van der Waals surface area contributed by atoms with E-state index in [1.165, 1.54) is 5.56 Å². The number of ether oxygens (including phenoxy) is 3. The Balaban J connectivity index is 0.958. The minimum Gasteiger partial charge on any atom is -0.493 e. The van der Waals surface area contributed by atoms with Crippen LogP contribution >= 0.6 is 12.6 Å². The highest BCUT2D eigenvalue weighted by Gasteiger charge is 2.38. The fraction of sp³-hybridized carbons (Fsp3) is 0.306. The molecule has 5 aromatic rings. The van der Waals surface area contributed by atoms with Gasteiger partial charge in [0.05, 0.1) is 24.4 Å². The van der Waals surface area contributed by atoms with Crippen molar-refractivity contribution >= 4 is 59.3 Å². The van der Waals surface area contributed by atoms with Gasteiger partial charge in [-0.1, -0.05) is 50.2 Å². The SMILES string of the molecule is COc1cc2c(cc1OCc1cc(COc3cc4c(cc3C)C(=O)N3c5ccccc5C[C@H]3CC4)cc(NC(=O)CCC(C)(C)S)c1)N=C[C@@H]1Cc3ccccc3N1C2=O. The molecular formula is C49H48N4O6S. The van der Waals surface area contributed by atoms with Crippen LogP contribution in [0.15, 0.2) is 96.0 Å². The number of anilines is 3. The number of carbonyl (C=O) groups is 3. The zero-order valence-corrected chi connectivity index (χ0v) is 35.2. The lowest BCUT2D eigenvalue weighted by molar-refractivity contribution is -0.116. The van der Waals surface area contributed by atoms with Crippen LogP contribution in [0.3, 0.4) is 0 Å². The van der Waals surface area contributed by atoms with E-state index >= 15 is 0 Å². The molecule has 60 heavy (non-hydrogen) atoms. The Morgan fingerprint density at radius 2 is 1.47 bits per heavy atom. The van der Waals surface area contributed by atoms with Crippen LogP contribution in [-0.4, -0.2) is 47.9 Å². The summed E-state index contributed by atoms with van der Waals surface area (Å²) in [5.74, 6) is 1.34. The summed E-state index contributed by atoms with van der Waals surface area (Å²) in [4.78, 5) is 49.6. The van der Waals surface area contributed by atoms with Crippen molar-refractivity contribution in [2.75, 3.05) is 22.2 Å². The Morgan fingerprint density at radius 1 is 0.800 bits per heavy atom. The lowest BCUT2D eigenvalue weighted by Crippen LogP contribution is -2.37. The summed E-state index contributed by atoms with van der Waals surface area (Å²) in [7, 11) is 1.55. The zero-order valence-electron chi connectivity index (χ0n) is 34.3. The van der Waals surface area contributed by atoms with Crippen LogP contribution in [-0.2, 0) is 37.3 Å². The molecule has 4 aliphatic rings. The van der Waals surface area contributed by atoms with Gasteiger partial charge in [0.25, 0.3) is 11.8 Å². The summed E-state index contributed by atoms with van der Waals surface area (Å²) in [5.41, 5.74) is 10.0. The van der Waals surface area contributed by atoms with E-state index < -0.39 is 0 Å². The molecule has 0 aromatic heterocycles. The number of para-hydroxylation sites is 2. The van der Waals surface area contributed by atoms with Gasteiger partial charge in [-0.2, -0.15) is 12.6 Å². The third-order valence-corrected chi connectivity index (χ3v) is 12.1. The number of benzene rings is 5. The maximum Gasteiger partial charge on any atom is 0.261 e. The molecule has 0 radical (unpaired) electrons. The number of aliphatic imine (C=N–C) groups is 1. The molecule has 0 unspecified atom stereocenters. The first-order chi connectivity index (χ1) is 28.9. The van der Waals surface area contributed by atoms with Crippen molar-refractivity contribution in [3.63, 3.8) is 0 Å². The smallest absolute Gasteiger partial charge is 0.261 e. The molecule has 0 spiro atoms. The quantitative estimate of drug-likeness (QED) is 0.129. The van der Waals surface area contributed by atoms with Gasteiger partial charge in [0.15, 0.2) is 11.5 Å². The summed E-state index contributed by atoms with van der Waals surface area (Å²) in [6, 6.07) is 29.3. The van der Waals surface area contributed by atoms with Gasteiger partial charge in [-0.25, -0.2) is 0 Å². The van der Waals surface area contributed by atoms with Gasteiger partial charge >= 0.3 is 0 Å². The summed E-state index contributed by atoms with van der Waals surface area (Å²) in [6.45, 7) is 6.29. The molecule has 10 nitrogen and oxygen atoms in total. The number of fused-ring (bicyclic) bond motifs is 8. The molecule has 306 valence electrons. The summed E-state index contributed by atoms with van der Waals surface area (Å²) >= 11 is 4.60. The number of nitrogens with one attached hydrogen (secondary N) is 1. The van der Waals surface area contributed by atoms with E-state index in [0.29, 0.717) is 53.4 Å². The summed E-state index contributed by atoms with van der Waals surface area (Å²) in [6.07, 6.45) is 5.97. The van der Waals surface area contributed by atoms with Crippen LogP contribution in [0.1, 0.15) is 87.2 Å². The molecule has 9 rings (SSSR count). The summed E-state index contributed by atoms with van der Waals surface area (Å²) < 4.78 is 18.4. The van der Waals surface area contributed by atoms with Gasteiger partial charge in [0.2, 0.25) is 5.91 Å². The second-order valence-corrected chi connectivity index (χ2v) is 18.0. The number of amides is 3. The lowest BCUT2D eigenvalue weighted by Gasteiger charge is -2.23. The normalized spacial score (nSPS) is 17.4. The molecule has 0 saturated heterocycles. The van der Waals surface area contributed by atoms with Crippen LogP contribution in [0.5, 0.6) is 17.2 Å². The molecule has 4 aliphatic heterocycles. The van der Waals surface area contributed by atoms with Gasteiger partial charge < -0.3 is 24.4 Å². The Bertz CT molecular complexity index is 2580. The number of methoxy groups -OCH3 is 1. The number of aryl methyl sites for hydroxylation is 2. The molecule has 0 aliphatic carbocycles. The lowest BCUT2D eigenvalue weighted by atomic mass is 9.98. The molecule has 11 heteroatoms. The van der Waals surface area contributed by atoms with Crippen molar-refractivity contribution in [1.29, 1.82) is 0 Å². The maximum atomic E-state index is 14.0. The number of carbonyl (C=O) groups excluding carboxylic acids is 3. The van der Waals surface area contributed by atoms with Crippen molar-refractivity contribution < 1.29 is 28.6 Å². The second kappa shape index (κ2) is 15.8. The Kier molecular flexibility index (Phi) is 10.4. The number of nitrogens with zero attached hydrogens (tertiary/aromatic N) is 3. The first-order valence-electron chi connectivity index (χ1n) is 20.6.